The first kappa shape index (κ1) is 21.1. The van der Waals surface area contributed by atoms with Gasteiger partial charge < -0.3 is 19.8 Å². The molecule has 0 atom stereocenters. The first-order valence-corrected chi connectivity index (χ1v) is 9.58. The number of benzene rings is 2. The fraction of sp³-hybridized carbons (Fsp3) is 0.261. The Bertz CT molecular complexity index is 1100. The summed E-state index contributed by atoms with van der Waals surface area (Å²) in [6, 6.07) is 11.3. The highest BCUT2D eigenvalue weighted by atomic mass is 16.5. The monoisotopic (exact) mass is 408 g/mol. The Morgan fingerprint density at radius 2 is 1.83 bits per heavy atom. The van der Waals surface area contributed by atoms with E-state index in [9.17, 15) is 14.4 Å². The molecule has 0 saturated carbocycles. The van der Waals surface area contributed by atoms with Gasteiger partial charge in [0.2, 0.25) is 5.91 Å². The molecule has 0 bridgehead atoms. The predicted molar refractivity (Wildman–Crippen MR) is 113 cm³/mol. The first-order chi connectivity index (χ1) is 14.3. The molecular formula is C23H24N2O5. The molecule has 1 aromatic heterocycles. The Kier molecular flexibility index (Phi) is 6.51. The smallest absolute Gasteiger partial charge is 0.310 e. The number of ether oxygens (including phenoxy) is 1. The summed E-state index contributed by atoms with van der Waals surface area (Å²) in [6.07, 6.45) is 1.51. The first-order valence-electron chi connectivity index (χ1n) is 9.58. The van der Waals surface area contributed by atoms with Crippen molar-refractivity contribution in [3.63, 3.8) is 0 Å². The molecule has 0 aliphatic carbocycles. The summed E-state index contributed by atoms with van der Waals surface area (Å²) in [4.78, 5) is 36.0. The number of furan rings is 1. The maximum atomic E-state index is 12.1. The average molecular weight is 408 g/mol. The number of carbonyl (C=O) groups excluding carboxylic acids is 3. The molecule has 0 saturated heterocycles. The zero-order chi connectivity index (χ0) is 21.7. The lowest BCUT2D eigenvalue weighted by molar-refractivity contribution is -0.147. The standard InChI is InChI=1S/C23H24N2O5/c1-14-7-8-18-17(12-29-20(18)9-14)10-23(28)30-13-22(27)24-11-21(26)25-19-6-4-5-15(2)16(19)3/h4-9,12H,10-11,13H2,1-3H3,(H,24,27)(H,25,26). The van der Waals surface area contributed by atoms with Crippen LogP contribution >= 0.6 is 0 Å². The van der Waals surface area contributed by atoms with Crippen LogP contribution in [0.25, 0.3) is 11.0 Å². The highest BCUT2D eigenvalue weighted by Crippen LogP contribution is 2.23. The molecular weight excluding hydrogens is 384 g/mol. The second kappa shape index (κ2) is 9.26. The van der Waals surface area contributed by atoms with Gasteiger partial charge in [-0.15, -0.1) is 0 Å². The van der Waals surface area contributed by atoms with E-state index >= 15 is 0 Å². The summed E-state index contributed by atoms with van der Waals surface area (Å²) in [5.41, 5.74) is 5.18. The Morgan fingerprint density at radius 3 is 2.63 bits per heavy atom. The van der Waals surface area contributed by atoms with Crippen LogP contribution in [0.2, 0.25) is 0 Å². The minimum atomic E-state index is -0.549. The van der Waals surface area contributed by atoms with Gasteiger partial charge in [-0.25, -0.2) is 0 Å². The minimum absolute atomic E-state index is 0.00351. The van der Waals surface area contributed by atoms with E-state index in [-0.39, 0.29) is 18.9 Å². The van der Waals surface area contributed by atoms with Gasteiger partial charge in [0.25, 0.3) is 5.91 Å². The van der Waals surface area contributed by atoms with Crippen LogP contribution in [0.1, 0.15) is 22.3 Å². The van der Waals surface area contributed by atoms with Gasteiger partial charge in [-0.1, -0.05) is 24.3 Å². The van der Waals surface area contributed by atoms with Crippen molar-refractivity contribution in [3.05, 3.63) is 64.9 Å². The molecule has 2 amide bonds. The topological polar surface area (TPSA) is 97.6 Å². The SMILES string of the molecule is Cc1ccc2c(CC(=O)OCC(=O)NCC(=O)Nc3cccc(C)c3C)coc2c1. The van der Waals surface area contributed by atoms with E-state index in [1.165, 1.54) is 6.26 Å². The molecule has 0 spiro atoms. The van der Waals surface area contributed by atoms with E-state index in [1.807, 2.05) is 51.1 Å². The molecule has 156 valence electrons. The van der Waals surface area contributed by atoms with Crippen molar-refractivity contribution in [2.75, 3.05) is 18.5 Å². The number of aryl methyl sites for hydroxylation is 2. The zero-order valence-corrected chi connectivity index (χ0v) is 17.2. The molecule has 3 aromatic rings. The van der Waals surface area contributed by atoms with Crippen molar-refractivity contribution in [1.29, 1.82) is 0 Å². The third-order valence-corrected chi connectivity index (χ3v) is 4.84. The molecule has 2 aromatic carbocycles. The number of anilines is 1. The highest BCUT2D eigenvalue weighted by Gasteiger charge is 2.14. The van der Waals surface area contributed by atoms with Crippen LogP contribution in [0.3, 0.4) is 0 Å². The van der Waals surface area contributed by atoms with E-state index in [1.54, 1.807) is 6.07 Å². The fourth-order valence-electron chi connectivity index (χ4n) is 2.99. The molecule has 7 nitrogen and oxygen atoms in total. The molecule has 0 unspecified atom stereocenters. The Morgan fingerprint density at radius 1 is 1.03 bits per heavy atom. The molecule has 30 heavy (non-hydrogen) atoms. The van der Waals surface area contributed by atoms with E-state index in [2.05, 4.69) is 10.6 Å². The lowest BCUT2D eigenvalue weighted by atomic mass is 10.1. The van der Waals surface area contributed by atoms with Gasteiger partial charge in [-0.3, -0.25) is 14.4 Å². The number of esters is 1. The maximum Gasteiger partial charge on any atom is 0.310 e. The molecule has 0 radical (unpaired) electrons. The van der Waals surface area contributed by atoms with E-state index in [0.29, 0.717) is 16.8 Å². The number of nitrogens with one attached hydrogen (secondary N) is 2. The molecule has 0 fully saturated rings. The van der Waals surface area contributed by atoms with Crippen LogP contribution < -0.4 is 10.6 Å². The second-order valence-electron chi connectivity index (χ2n) is 7.17. The van der Waals surface area contributed by atoms with E-state index in [0.717, 1.165) is 22.1 Å². The van der Waals surface area contributed by atoms with Gasteiger partial charge in [0.15, 0.2) is 6.61 Å². The van der Waals surface area contributed by atoms with Crippen molar-refractivity contribution in [3.8, 4) is 0 Å². The largest absolute Gasteiger partial charge is 0.464 e. The van der Waals surface area contributed by atoms with E-state index in [4.69, 9.17) is 9.15 Å². The number of fused-ring (bicyclic) bond motifs is 1. The fourth-order valence-corrected chi connectivity index (χ4v) is 2.99. The summed E-state index contributed by atoms with van der Waals surface area (Å²) in [6.45, 7) is 5.15. The second-order valence-corrected chi connectivity index (χ2v) is 7.17. The van der Waals surface area contributed by atoms with Crippen molar-refractivity contribution < 1.29 is 23.5 Å². The van der Waals surface area contributed by atoms with Crippen molar-refractivity contribution in [1.82, 2.24) is 5.32 Å². The summed E-state index contributed by atoms with van der Waals surface area (Å²) < 4.78 is 10.5. The summed E-state index contributed by atoms with van der Waals surface area (Å²) in [5, 5.41) is 6.03. The predicted octanol–water partition coefficient (Wildman–Crippen LogP) is 3.20. The summed E-state index contributed by atoms with van der Waals surface area (Å²) in [7, 11) is 0. The average Bonchev–Trinajstić information content (AvgIpc) is 3.10. The number of carbonyl (C=O) groups is 3. The number of amides is 2. The normalized spacial score (nSPS) is 10.6. The molecule has 0 aliphatic rings. The van der Waals surface area contributed by atoms with Gasteiger partial charge in [-0.05, 0) is 49.6 Å². The van der Waals surface area contributed by atoms with Gasteiger partial charge in [-0.2, -0.15) is 0 Å². The summed E-state index contributed by atoms with van der Waals surface area (Å²) in [5.74, 6) is -1.45. The molecule has 7 heteroatoms. The lowest BCUT2D eigenvalue weighted by Gasteiger charge is -2.11. The molecule has 0 aliphatic heterocycles. The van der Waals surface area contributed by atoms with Crippen LogP contribution in [0.5, 0.6) is 0 Å². The third kappa shape index (κ3) is 5.26. The number of rotatable bonds is 7. The van der Waals surface area contributed by atoms with Gasteiger partial charge >= 0.3 is 5.97 Å². The maximum absolute atomic E-state index is 12.1. The van der Waals surface area contributed by atoms with Gasteiger partial charge in [0.1, 0.15) is 5.58 Å². The molecule has 2 N–H and O–H groups in total. The van der Waals surface area contributed by atoms with E-state index < -0.39 is 18.5 Å². The van der Waals surface area contributed by atoms with Crippen LogP contribution in [-0.4, -0.2) is 30.9 Å². The Hall–Kier alpha value is -3.61. The van der Waals surface area contributed by atoms with Crippen LogP contribution in [0.15, 0.2) is 47.1 Å². The quantitative estimate of drug-likeness (QED) is 0.585. The number of hydrogen-bond donors (Lipinski definition) is 2. The Labute approximate surface area is 174 Å². The molecule has 3 rings (SSSR count). The zero-order valence-electron chi connectivity index (χ0n) is 17.2. The number of hydrogen-bond acceptors (Lipinski definition) is 5. The lowest BCUT2D eigenvalue weighted by Crippen LogP contribution is -2.35. The highest BCUT2D eigenvalue weighted by molar-refractivity contribution is 5.95. The van der Waals surface area contributed by atoms with Crippen molar-refractivity contribution >= 4 is 34.4 Å². The van der Waals surface area contributed by atoms with Crippen molar-refractivity contribution in [2.24, 2.45) is 0 Å². The minimum Gasteiger partial charge on any atom is -0.464 e. The van der Waals surface area contributed by atoms with Crippen LogP contribution in [-0.2, 0) is 25.5 Å². The Balaban J connectivity index is 1.43. The van der Waals surface area contributed by atoms with Crippen LogP contribution in [0, 0.1) is 20.8 Å². The molecule has 1 heterocycles. The van der Waals surface area contributed by atoms with Crippen LogP contribution in [0.4, 0.5) is 5.69 Å². The van der Waals surface area contributed by atoms with Gasteiger partial charge in [0.05, 0.1) is 19.2 Å². The van der Waals surface area contributed by atoms with Crippen molar-refractivity contribution in [2.45, 2.75) is 27.2 Å². The third-order valence-electron chi connectivity index (χ3n) is 4.84. The summed E-state index contributed by atoms with van der Waals surface area (Å²) >= 11 is 0. The van der Waals surface area contributed by atoms with Gasteiger partial charge in [0, 0.05) is 16.6 Å².